The third kappa shape index (κ3) is 5.42. The molecule has 0 radical (unpaired) electrons. The van der Waals surface area contributed by atoms with Crippen LogP contribution in [-0.2, 0) is 4.74 Å². The van der Waals surface area contributed by atoms with Crippen LogP contribution in [-0.4, -0.2) is 49.7 Å². The lowest BCUT2D eigenvalue weighted by Crippen LogP contribution is -2.24. The van der Waals surface area contributed by atoms with Gasteiger partial charge in [-0.25, -0.2) is 9.37 Å². The monoisotopic (exact) mass is 450 g/mol. The molecule has 0 aliphatic carbocycles. The average Bonchev–Trinajstić information content (AvgIpc) is 2.83. The van der Waals surface area contributed by atoms with Gasteiger partial charge in [0.2, 0.25) is 5.95 Å². The maximum absolute atomic E-state index is 15.0. The van der Waals surface area contributed by atoms with Crippen LogP contribution < -0.4 is 21.3 Å². The molecule has 2 aromatic carbocycles. The van der Waals surface area contributed by atoms with E-state index in [1.807, 2.05) is 6.07 Å². The Hall–Kier alpha value is -4.05. The Kier molecular flexibility index (Phi) is 7.87. The molecular weight excluding hydrogens is 423 g/mol. The smallest absolute Gasteiger partial charge is 0.229 e. The van der Waals surface area contributed by atoms with Gasteiger partial charge in [0.05, 0.1) is 11.9 Å². The van der Waals surface area contributed by atoms with Gasteiger partial charge in [-0.3, -0.25) is 0 Å². The van der Waals surface area contributed by atoms with Crippen molar-refractivity contribution in [3.8, 4) is 0 Å². The Morgan fingerprint density at radius 2 is 2.03 bits per heavy atom. The first-order chi connectivity index (χ1) is 16.0. The molecule has 6 N–H and O–H groups in total. The van der Waals surface area contributed by atoms with Crippen LogP contribution in [0.15, 0.2) is 42.6 Å². The number of rotatable bonds is 11. The lowest BCUT2D eigenvalue weighted by atomic mass is 10.1. The summed E-state index contributed by atoms with van der Waals surface area (Å²) in [6.45, 7) is 0.867. The van der Waals surface area contributed by atoms with Crippen LogP contribution in [0.5, 0.6) is 0 Å². The van der Waals surface area contributed by atoms with Crippen LogP contribution >= 0.6 is 0 Å². The van der Waals surface area contributed by atoms with E-state index in [4.69, 9.17) is 21.3 Å². The van der Waals surface area contributed by atoms with E-state index in [0.29, 0.717) is 42.2 Å². The molecule has 0 unspecified atom stereocenters. The number of aromatic nitrogens is 2. The van der Waals surface area contributed by atoms with Gasteiger partial charge in [-0.1, -0.05) is 6.07 Å². The summed E-state index contributed by atoms with van der Waals surface area (Å²) in [6, 6.07) is 10.6. The van der Waals surface area contributed by atoms with E-state index in [2.05, 4.69) is 20.6 Å². The van der Waals surface area contributed by atoms with Gasteiger partial charge in [0, 0.05) is 67.9 Å². The first-order valence-electron chi connectivity index (χ1n) is 10.3. The van der Waals surface area contributed by atoms with Gasteiger partial charge in [-0.05, 0) is 36.8 Å². The molecule has 0 saturated carbocycles. The quantitative estimate of drug-likeness (QED) is 0.168. The first-order valence-corrected chi connectivity index (χ1v) is 10.3. The van der Waals surface area contributed by atoms with Crippen molar-refractivity contribution < 1.29 is 9.13 Å². The van der Waals surface area contributed by atoms with E-state index in [1.165, 1.54) is 6.21 Å². The molecule has 0 amide bonds. The van der Waals surface area contributed by atoms with Crippen molar-refractivity contribution in [3.05, 3.63) is 59.5 Å². The van der Waals surface area contributed by atoms with Gasteiger partial charge in [0.25, 0.3) is 0 Å². The molecule has 1 heterocycles. The average molecular weight is 451 g/mol. The molecule has 0 bridgehead atoms. The van der Waals surface area contributed by atoms with Gasteiger partial charge >= 0.3 is 0 Å². The Bertz CT molecular complexity index is 1140. The Morgan fingerprint density at radius 1 is 1.21 bits per heavy atom. The molecule has 1 aromatic heterocycles. The molecule has 9 nitrogen and oxygen atoms in total. The van der Waals surface area contributed by atoms with E-state index in [0.717, 1.165) is 23.7 Å². The number of nitrogens with two attached hydrogens (primary N) is 1. The highest BCUT2D eigenvalue weighted by atomic mass is 19.1. The second-order valence-corrected chi connectivity index (χ2v) is 7.11. The Morgan fingerprint density at radius 3 is 2.73 bits per heavy atom. The predicted octanol–water partition coefficient (Wildman–Crippen LogP) is 4.15. The lowest BCUT2D eigenvalue weighted by Gasteiger charge is -2.26. The van der Waals surface area contributed by atoms with E-state index in [1.54, 1.807) is 49.4 Å². The number of halogens is 1. The van der Waals surface area contributed by atoms with Gasteiger partial charge in [-0.2, -0.15) is 4.98 Å². The number of nitrogens with one attached hydrogen (secondary N) is 4. The van der Waals surface area contributed by atoms with Crippen molar-refractivity contribution in [1.82, 2.24) is 9.97 Å². The standard InChI is InChI=1S/C23H27FN8O/c1-28-20-11-16(8-7-15(20)12-25)30-23-29-14-18(24)22(31-23)32(9-4-10-33-2)21-6-3-5-19(27)17(21)13-26/h3,5-8,11-14,25-26,28H,4,9-10,27H2,1-2H3,(H,29,30,31). The molecule has 0 spiro atoms. The normalized spacial score (nSPS) is 10.5. The molecule has 0 atom stereocenters. The highest BCUT2D eigenvalue weighted by molar-refractivity contribution is 5.94. The van der Waals surface area contributed by atoms with Gasteiger partial charge in [0.1, 0.15) is 0 Å². The molecular formula is C23H27FN8O. The fourth-order valence-electron chi connectivity index (χ4n) is 3.38. The number of ether oxygens (including phenoxy) is 1. The molecule has 3 rings (SSSR count). The zero-order valence-corrected chi connectivity index (χ0v) is 18.5. The third-order valence-corrected chi connectivity index (χ3v) is 5.00. The number of hydrogen-bond acceptors (Lipinski definition) is 9. The third-order valence-electron chi connectivity index (χ3n) is 5.00. The van der Waals surface area contributed by atoms with Crippen LogP contribution in [0.4, 0.5) is 38.9 Å². The second kappa shape index (κ2) is 11.0. The van der Waals surface area contributed by atoms with Gasteiger partial charge in [-0.15, -0.1) is 0 Å². The summed E-state index contributed by atoms with van der Waals surface area (Å²) in [7, 11) is 3.37. The molecule has 0 aliphatic heterocycles. The number of methoxy groups -OCH3 is 1. The molecule has 172 valence electrons. The molecule has 10 heteroatoms. The summed E-state index contributed by atoms with van der Waals surface area (Å²) in [4.78, 5) is 10.2. The van der Waals surface area contributed by atoms with Crippen molar-refractivity contribution in [2.24, 2.45) is 0 Å². The predicted molar refractivity (Wildman–Crippen MR) is 131 cm³/mol. The highest BCUT2D eigenvalue weighted by Gasteiger charge is 2.20. The van der Waals surface area contributed by atoms with E-state index in [-0.39, 0.29) is 11.8 Å². The number of nitrogens with zero attached hydrogens (tertiary/aromatic N) is 3. The van der Waals surface area contributed by atoms with Crippen LogP contribution in [0.3, 0.4) is 0 Å². The fourth-order valence-corrected chi connectivity index (χ4v) is 3.38. The summed E-state index contributed by atoms with van der Waals surface area (Å²) < 4.78 is 20.1. The minimum atomic E-state index is -0.605. The van der Waals surface area contributed by atoms with Crippen LogP contribution in [0.1, 0.15) is 17.5 Å². The largest absolute Gasteiger partial charge is 0.398 e. The van der Waals surface area contributed by atoms with E-state index >= 15 is 0 Å². The maximum Gasteiger partial charge on any atom is 0.229 e. The second-order valence-electron chi connectivity index (χ2n) is 7.11. The Labute approximate surface area is 191 Å². The van der Waals surface area contributed by atoms with Crippen LogP contribution in [0, 0.1) is 16.6 Å². The van der Waals surface area contributed by atoms with Crippen molar-refractivity contribution in [2.75, 3.05) is 48.6 Å². The van der Waals surface area contributed by atoms with Crippen molar-refractivity contribution >= 4 is 46.9 Å². The van der Waals surface area contributed by atoms with Crippen LogP contribution in [0.2, 0.25) is 0 Å². The van der Waals surface area contributed by atoms with E-state index < -0.39 is 5.82 Å². The number of anilines is 6. The van der Waals surface area contributed by atoms with Crippen molar-refractivity contribution in [1.29, 1.82) is 10.8 Å². The van der Waals surface area contributed by atoms with Gasteiger partial charge < -0.3 is 36.8 Å². The first kappa shape index (κ1) is 23.6. The number of nitrogen functional groups attached to an aromatic ring is 1. The Balaban J connectivity index is 2.01. The van der Waals surface area contributed by atoms with E-state index in [9.17, 15) is 4.39 Å². The summed E-state index contributed by atoms with van der Waals surface area (Å²) >= 11 is 0. The molecule has 0 aliphatic rings. The highest BCUT2D eigenvalue weighted by Crippen LogP contribution is 2.32. The van der Waals surface area contributed by atoms with Crippen LogP contribution in [0.25, 0.3) is 0 Å². The molecule has 0 fully saturated rings. The topological polar surface area (TPSA) is 136 Å². The summed E-state index contributed by atoms with van der Waals surface area (Å²) in [6.07, 6.45) is 4.11. The fraction of sp³-hybridized carbons (Fsp3) is 0.217. The molecule has 0 saturated heterocycles. The zero-order chi connectivity index (χ0) is 23.8. The van der Waals surface area contributed by atoms with Crippen molar-refractivity contribution in [2.45, 2.75) is 6.42 Å². The summed E-state index contributed by atoms with van der Waals surface area (Å²) in [5.41, 5.74) is 9.68. The number of hydrogen-bond donors (Lipinski definition) is 5. The maximum atomic E-state index is 15.0. The minimum Gasteiger partial charge on any atom is -0.398 e. The SMILES string of the molecule is CNc1cc(Nc2ncc(F)c(N(CCCOC)c3cccc(N)c3C=N)n2)ccc1C=N. The minimum absolute atomic E-state index is 0.0576. The zero-order valence-electron chi connectivity index (χ0n) is 18.5. The number of benzene rings is 2. The lowest BCUT2D eigenvalue weighted by molar-refractivity contribution is 0.196. The summed E-state index contributed by atoms with van der Waals surface area (Å²) in [5.74, 6) is -0.346. The van der Waals surface area contributed by atoms with Gasteiger partial charge in [0.15, 0.2) is 11.6 Å². The van der Waals surface area contributed by atoms with Crippen molar-refractivity contribution in [3.63, 3.8) is 0 Å². The molecule has 3 aromatic rings. The summed E-state index contributed by atoms with van der Waals surface area (Å²) in [5, 5.41) is 21.4. The molecule has 33 heavy (non-hydrogen) atoms.